The summed E-state index contributed by atoms with van der Waals surface area (Å²) in [7, 11) is -3.30. The van der Waals surface area contributed by atoms with Gasteiger partial charge in [0.2, 0.25) is 10.0 Å². The van der Waals surface area contributed by atoms with Crippen molar-refractivity contribution in [3.8, 4) is 6.07 Å². The van der Waals surface area contributed by atoms with Gasteiger partial charge >= 0.3 is 6.18 Å². The zero-order valence-corrected chi connectivity index (χ0v) is 71.5. The van der Waals surface area contributed by atoms with Gasteiger partial charge in [0.25, 0.3) is 41.4 Å². The Hall–Kier alpha value is -9.98. The second-order valence-electron chi connectivity index (χ2n) is 31.6. The van der Waals surface area contributed by atoms with Crippen LogP contribution >= 0.6 is 23.2 Å². The third kappa shape index (κ3) is 37.4. The summed E-state index contributed by atoms with van der Waals surface area (Å²) >= 11 is 11.9. The lowest BCUT2D eigenvalue weighted by atomic mass is 10.0. The summed E-state index contributed by atoms with van der Waals surface area (Å²) in [6, 6.07) is 44.4. The molecule has 0 saturated carbocycles. The summed E-state index contributed by atoms with van der Waals surface area (Å²) in [5.41, 5.74) is 45.5. The lowest BCUT2D eigenvalue weighted by Crippen LogP contribution is -2.43. The number of nitrogens with one attached hydrogen (secondary N) is 1. The molecule has 7 aliphatic heterocycles. The first-order valence-corrected chi connectivity index (χ1v) is 43.7. The zero-order valence-electron chi connectivity index (χ0n) is 69.2. The minimum absolute atomic E-state index is 0. The number of nitrogens with zero attached hydrogens (tertiary/aromatic N) is 8. The van der Waals surface area contributed by atoms with E-state index >= 15 is 0 Å². The van der Waals surface area contributed by atoms with Crippen molar-refractivity contribution in [3.63, 3.8) is 0 Å². The van der Waals surface area contributed by atoms with Crippen LogP contribution < -0.4 is 44.9 Å². The molecule has 14 rings (SSSR count). The Labute approximate surface area is 772 Å². The van der Waals surface area contributed by atoms with Crippen LogP contribution in [0.25, 0.3) is 0 Å². The maximum atomic E-state index is 13.7. The van der Waals surface area contributed by atoms with Gasteiger partial charge in [-0.1, -0.05) is 106 Å². The number of hydrogen-bond donors (Lipinski definition) is 8. The third-order valence-electron chi connectivity index (χ3n) is 21.9. The first-order chi connectivity index (χ1) is 57.9. The molecule has 25 nitrogen and oxygen atoms in total. The molecular formula is C96H141Cl2F5N16O9S. The number of alkyl halides is 3. The first kappa shape index (κ1) is 117. The molecule has 7 aromatic rings. The largest absolute Gasteiger partial charge is 0.416 e. The van der Waals surface area contributed by atoms with E-state index in [1.54, 1.807) is 143 Å². The summed E-state index contributed by atoms with van der Waals surface area (Å²) in [6.07, 6.45) is 8.26. The van der Waals surface area contributed by atoms with Crippen LogP contribution in [0, 0.1) is 36.8 Å². The summed E-state index contributed by atoms with van der Waals surface area (Å²) in [4.78, 5) is 97.1. The van der Waals surface area contributed by atoms with Crippen LogP contribution in [-0.4, -0.2) is 224 Å². The van der Waals surface area contributed by atoms with Gasteiger partial charge in [-0.2, -0.15) is 18.4 Å². The number of piperidine rings is 7. The van der Waals surface area contributed by atoms with Gasteiger partial charge in [-0.3, -0.25) is 38.3 Å². The molecule has 7 heterocycles. The number of nitrogens with two attached hydrogens (primary N) is 7. The molecule has 7 aromatic carbocycles. The van der Waals surface area contributed by atoms with E-state index < -0.39 is 27.6 Å². The van der Waals surface area contributed by atoms with Crippen molar-refractivity contribution in [1.82, 2.24) is 34.3 Å². The number of sulfonamides is 1. The van der Waals surface area contributed by atoms with Crippen LogP contribution in [0.5, 0.6) is 0 Å². The van der Waals surface area contributed by atoms with Crippen LogP contribution in [0.3, 0.4) is 0 Å². The van der Waals surface area contributed by atoms with Gasteiger partial charge in [-0.05, 0) is 242 Å². The highest BCUT2D eigenvalue weighted by atomic mass is 35.5. The Morgan fingerprint density at radius 2 is 0.674 bits per heavy atom. The van der Waals surface area contributed by atoms with E-state index in [0.717, 1.165) is 153 Å². The number of hydrogen-bond acceptors (Lipinski definition) is 17. The molecular weight excluding hydrogens is 1720 g/mol. The number of carbonyl (C=O) groups excluding carboxylic acids is 7. The van der Waals surface area contributed by atoms with Crippen LogP contribution in [0.15, 0.2) is 158 Å². The molecule has 129 heavy (non-hydrogen) atoms. The summed E-state index contributed by atoms with van der Waals surface area (Å²) in [5, 5.41) is 9.80. The quantitative estimate of drug-likeness (QED) is 0.0622. The molecule has 7 saturated heterocycles. The van der Waals surface area contributed by atoms with E-state index in [1.165, 1.54) is 24.3 Å². The fourth-order valence-electron chi connectivity index (χ4n) is 14.1. The fraction of sp³-hybridized carbons (Fsp3) is 0.479. The Morgan fingerprint density at radius 1 is 0.372 bits per heavy atom. The minimum Gasteiger partial charge on any atom is -0.339 e. The van der Waals surface area contributed by atoms with Gasteiger partial charge < -0.3 is 74.4 Å². The van der Waals surface area contributed by atoms with Gasteiger partial charge in [0, 0.05) is 172 Å². The fourth-order valence-corrected chi connectivity index (χ4v) is 15.1. The minimum atomic E-state index is -4.38. The van der Waals surface area contributed by atoms with E-state index in [0.29, 0.717) is 107 Å². The van der Waals surface area contributed by atoms with Crippen molar-refractivity contribution < 1.29 is 63.9 Å². The Kier molecular flexibility index (Phi) is 51.3. The lowest BCUT2D eigenvalue weighted by molar-refractivity contribution is -0.137. The van der Waals surface area contributed by atoms with Crippen LogP contribution in [0.4, 0.5) is 27.6 Å². The normalized spacial score (nSPS) is 16.3. The molecule has 0 atom stereocenters. The molecule has 33 heteroatoms. The van der Waals surface area contributed by atoms with Crippen LogP contribution in [0.1, 0.15) is 237 Å². The molecule has 15 N–H and O–H groups in total. The summed E-state index contributed by atoms with van der Waals surface area (Å²) in [6.45, 7) is 12.9. The van der Waals surface area contributed by atoms with Gasteiger partial charge in [0.15, 0.2) is 0 Å². The highest BCUT2D eigenvalue weighted by Gasteiger charge is 2.33. The van der Waals surface area contributed by atoms with Crippen molar-refractivity contribution in [1.29, 1.82) is 5.26 Å². The Bertz CT molecular complexity index is 4770. The topological polar surface area (TPSA) is 394 Å². The number of anilines is 1. The highest BCUT2D eigenvalue weighted by Crippen LogP contribution is 2.30. The third-order valence-corrected chi connectivity index (χ3v) is 23.1. The molecule has 0 aliphatic carbocycles. The lowest BCUT2D eigenvalue weighted by Gasteiger charge is -2.30. The second kappa shape index (κ2) is 56.6. The van der Waals surface area contributed by atoms with E-state index in [4.69, 9.17) is 68.6 Å². The Morgan fingerprint density at radius 3 is 0.984 bits per heavy atom. The van der Waals surface area contributed by atoms with Crippen LogP contribution in [-0.2, 0) is 16.2 Å². The monoisotopic (exact) mass is 1860 g/mol. The molecule has 7 aliphatic rings. The molecule has 0 radical (unpaired) electrons. The molecule has 714 valence electrons. The average molecular weight is 1860 g/mol. The number of amides is 7. The summed E-state index contributed by atoms with van der Waals surface area (Å²) < 4.78 is 88.8. The second-order valence-corrected chi connectivity index (χ2v) is 34.2. The van der Waals surface area contributed by atoms with Gasteiger partial charge in [-0.15, -0.1) is 0 Å². The first-order valence-electron chi connectivity index (χ1n) is 41.1. The molecule has 7 amide bonds. The van der Waals surface area contributed by atoms with Crippen molar-refractivity contribution >= 4 is 80.3 Å². The number of nitriles is 1. The molecule has 0 bridgehead atoms. The number of halogens is 7. The van der Waals surface area contributed by atoms with Gasteiger partial charge in [0.05, 0.1) is 39.6 Å². The SMILES string of the molecule is C.C.C.C.C.C.C.CS(=O)(=O)Nc1ccc(C(=O)N2CCC(N)CC2)cc1.Cc1ccc(C(=O)N2CCC(N)CC2)c(F)c1.Cc1ccc(C(=O)N2CCC(N)CC2)cc1F.N#Cc1ccc(C(=O)N2CCC(N)CC2)cc1.NC1CCN(C(=O)c2ccc(C(F)(F)F)cc2)CC1.NC1CCN(C(=O)c2cccc(Cl)c2)CC1.NC1CCN(C(=O)c2ccccc2Cl)CC1. The maximum absolute atomic E-state index is 13.7. The Balaban J connectivity index is 0.000000747. The predicted octanol–water partition coefficient (Wildman–Crippen LogP) is 15.7. The number of benzene rings is 7. The molecule has 0 aromatic heterocycles. The highest BCUT2D eigenvalue weighted by molar-refractivity contribution is 7.92. The van der Waals surface area contributed by atoms with E-state index in [2.05, 4.69) is 4.72 Å². The average Bonchev–Trinajstić information content (AvgIpc) is 0.967. The van der Waals surface area contributed by atoms with Crippen molar-refractivity contribution in [2.24, 2.45) is 40.1 Å². The van der Waals surface area contributed by atoms with Crippen molar-refractivity contribution in [2.45, 2.75) is 204 Å². The smallest absolute Gasteiger partial charge is 0.339 e. The van der Waals surface area contributed by atoms with Crippen LogP contribution in [0.2, 0.25) is 10.0 Å². The predicted molar refractivity (Wildman–Crippen MR) is 512 cm³/mol. The standard InChI is InChI=1S/C13H15F3N2O.2C13H17FN2O.C13H19N3O3S.C13H15N3O.2C12H15ClN2O.7CH4/c14-13(15,16)10-3-1-9(2-4-10)12(19)18-7-5-11(17)6-8-18;1-9-2-3-10(8-12(9)14)13(17)16-6-4-11(15)5-7-16;1-9-2-3-11(12(14)8-9)13(17)16-6-4-10(15)5-7-16;1-20(18,19)15-12-4-2-10(3-5-12)13(17)16-8-6-11(14)7-9-16;14-9-10-1-3-11(4-2-10)13(17)16-7-5-12(15)6-8-16;13-10-3-1-2-9(8-10)12(16)15-6-4-11(14)5-7-15;13-11-4-2-1-3-10(11)12(16)15-7-5-9(14)6-8-15;;;;;;;/h1-4,11H,5-8,17H2;2-3,8,11H,4-7,15H2,1H3;2-3,8,10H,4-7,15H2,1H3;2-5,11,15H,6-9,14H2,1H3;1-4,12H,5-8,15H2;1-3,8,11H,4-7,14H2;1-4,9H,5-8,14H2;7*1H4. The van der Waals surface area contributed by atoms with Crippen molar-refractivity contribution in [3.05, 3.63) is 241 Å². The maximum Gasteiger partial charge on any atom is 0.416 e. The number of aryl methyl sites for hydroxylation is 2. The van der Waals surface area contributed by atoms with Crippen molar-refractivity contribution in [2.75, 3.05) is 103 Å². The number of rotatable bonds is 9. The van der Waals surface area contributed by atoms with Gasteiger partial charge in [0.1, 0.15) is 11.6 Å². The molecule has 0 spiro atoms. The van der Waals surface area contributed by atoms with E-state index in [-0.39, 0.29) is 153 Å². The molecule has 0 unspecified atom stereocenters. The van der Waals surface area contributed by atoms with E-state index in [9.17, 15) is 63.9 Å². The summed E-state index contributed by atoms with van der Waals surface area (Å²) in [5.74, 6) is -1.28. The van der Waals surface area contributed by atoms with E-state index in [1.807, 2.05) is 32.9 Å². The van der Waals surface area contributed by atoms with Gasteiger partial charge in [-0.25, -0.2) is 17.2 Å². The number of carbonyl (C=O) groups is 7. The number of likely N-dealkylation sites (tertiary alicyclic amines) is 7. The zero-order chi connectivity index (χ0) is 89.0. The molecule has 7 fully saturated rings.